The molecule has 0 radical (unpaired) electrons. The maximum absolute atomic E-state index is 5.40. The molecular weight excluding hydrogens is 261 g/mol. The van der Waals surface area contributed by atoms with E-state index in [1.54, 1.807) is 0 Å². The Kier molecular flexibility index (Phi) is 4.36. The van der Waals surface area contributed by atoms with Crippen LogP contribution in [0.2, 0.25) is 0 Å². The van der Waals surface area contributed by atoms with Gasteiger partial charge in [0.1, 0.15) is 0 Å². The van der Waals surface area contributed by atoms with E-state index in [4.69, 9.17) is 4.74 Å². The Morgan fingerprint density at radius 2 is 2.40 bits per heavy atom. The standard InChI is InChI=1S/C6H12INOS/c1-2-9-6-3-8(4-6)5-10-7/h6H,2-5H2,1H3. The Morgan fingerprint density at radius 1 is 1.70 bits per heavy atom. The summed E-state index contributed by atoms with van der Waals surface area (Å²) >= 11 is 2.32. The largest absolute Gasteiger partial charge is 0.376 e. The molecule has 0 N–H and O–H groups in total. The highest BCUT2D eigenvalue weighted by Gasteiger charge is 2.25. The summed E-state index contributed by atoms with van der Waals surface area (Å²) in [4.78, 5) is 2.39. The van der Waals surface area contributed by atoms with E-state index in [-0.39, 0.29) is 0 Å². The first-order valence-corrected chi connectivity index (χ1v) is 6.97. The molecule has 0 bridgehead atoms. The Labute approximate surface area is 78.3 Å². The smallest absolute Gasteiger partial charge is 0.0829 e. The summed E-state index contributed by atoms with van der Waals surface area (Å²) in [6, 6.07) is 0. The number of rotatable bonds is 4. The highest BCUT2D eigenvalue weighted by molar-refractivity contribution is 14.2. The number of halogens is 1. The van der Waals surface area contributed by atoms with Crippen LogP contribution in [0.15, 0.2) is 0 Å². The lowest BCUT2D eigenvalue weighted by atomic mass is 10.2. The minimum absolute atomic E-state index is 0.522. The third kappa shape index (κ3) is 2.56. The lowest BCUT2D eigenvalue weighted by Gasteiger charge is -2.37. The van der Waals surface area contributed by atoms with Gasteiger partial charge in [0.15, 0.2) is 0 Å². The summed E-state index contributed by atoms with van der Waals surface area (Å²) in [5.41, 5.74) is 0. The van der Waals surface area contributed by atoms with E-state index in [9.17, 15) is 0 Å². The molecule has 10 heavy (non-hydrogen) atoms. The summed E-state index contributed by atoms with van der Waals surface area (Å²) in [6.45, 7) is 5.17. The van der Waals surface area contributed by atoms with E-state index in [1.165, 1.54) is 0 Å². The second-order valence-electron chi connectivity index (χ2n) is 2.35. The third-order valence-electron chi connectivity index (χ3n) is 1.56. The molecule has 60 valence electrons. The van der Waals surface area contributed by atoms with Gasteiger partial charge in [-0.2, -0.15) is 0 Å². The minimum atomic E-state index is 0.522. The van der Waals surface area contributed by atoms with Crippen LogP contribution in [-0.2, 0) is 4.74 Å². The molecule has 0 atom stereocenters. The molecule has 0 unspecified atom stereocenters. The quantitative estimate of drug-likeness (QED) is 0.724. The fourth-order valence-corrected chi connectivity index (χ4v) is 2.57. The van der Waals surface area contributed by atoms with Crippen molar-refractivity contribution in [2.24, 2.45) is 0 Å². The zero-order valence-corrected chi connectivity index (χ0v) is 9.02. The normalized spacial score (nSPS) is 21.0. The lowest BCUT2D eigenvalue weighted by Crippen LogP contribution is -2.51. The summed E-state index contributed by atoms with van der Waals surface area (Å²) in [6.07, 6.45) is 0.522. The van der Waals surface area contributed by atoms with Gasteiger partial charge < -0.3 is 4.74 Å². The van der Waals surface area contributed by atoms with Gasteiger partial charge in [-0.25, -0.2) is 0 Å². The average molecular weight is 273 g/mol. The van der Waals surface area contributed by atoms with Crippen molar-refractivity contribution in [3.8, 4) is 0 Å². The highest BCUT2D eigenvalue weighted by Crippen LogP contribution is 2.19. The predicted molar refractivity (Wildman–Crippen MR) is 53.5 cm³/mol. The van der Waals surface area contributed by atoms with Gasteiger partial charge in [-0.15, -0.1) is 0 Å². The molecule has 1 aliphatic heterocycles. The lowest BCUT2D eigenvalue weighted by molar-refractivity contribution is -0.0405. The molecule has 0 spiro atoms. The maximum Gasteiger partial charge on any atom is 0.0829 e. The molecule has 4 heteroatoms. The number of hydrogen-bond donors (Lipinski definition) is 0. The number of nitrogens with zero attached hydrogens (tertiary/aromatic N) is 1. The monoisotopic (exact) mass is 273 g/mol. The van der Waals surface area contributed by atoms with Gasteiger partial charge in [0.2, 0.25) is 0 Å². The molecule has 0 aromatic carbocycles. The first kappa shape index (κ1) is 9.09. The maximum atomic E-state index is 5.40. The molecule has 2 nitrogen and oxygen atoms in total. The van der Waals surface area contributed by atoms with Gasteiger partial charge in [0, 0.05) is 19.7 Å². The summed E-state index contributed by atoms with van der Waals surface area (Å²) in [7, 11) is 1.85. The molecule has 1 saturated heterocycles. The zero-order valence-electron chi connectivity index (χ0n) is 6.05. The Bertz CT molecular complexity index is 87.7. The van der Waals surface area contributed by atoms with E-state index in [0.29, 0.717) is 6.10 Å². The predicted octanol–water partition coefficient (Wildman–Crippen LogP) is 1.75. The summed E-state index contributed by atoms with van der Waals surface area (Å²) in [5.74, 6) is 1.14. The third-order valence-corrected chi connectivity index (χ3v) is 2.86. The van der Waals surface area contributed by atoms with Crippen molar-refractivity contribution in [2.45, 2.75) is 13.0 Å². The van der Waals surface area contributed by atoms with Crippen LogP contribution in [0.4, 0.5) is 0 Å². The Morgan fingerprint density at radius 3 is 2.90 bits per heavy atom. The molecule has 0 aromatic rings. The van der Waals surface area contributed by atoms with E-state index in [0.717, 1.165) is 25.6 Å². The number of ether oxygens (including phenoxy) is 1. The van der Waals surface area contributed by atoms with Crippen LogP contribution in [0.3, 0.4) is 0 Å². The van der Waals surface area contributed by atoms with Gasteiger partial charge in [-0.05, 0) is 28.1 Å². The van der Waals surface area contributed by atoms with Crippen LogP contribution in [0.1, 0.15) is 6.92 Å². The van der Waals surface area contributed by atoms with Crippen molar-refractivity contribution in [2.75, 3.05) is 25.6 Å². The first-order valence-electron chi connectivity index (χ1n) is 3.44. The van der Waals surface area contributed by atoms with Crippen molar-refractivity contribution in [1.29, 1.82) is 0 Å². The molecule has 1 rings (SSSR count). The summed E-state index contributed by atoms with van der Waals surface area (Å²) in [5, 5.41) is 0. The van der Waals surface area contributed by atoms with Crippen molar-refractivity contribution in [1.82, 2.24) is 4.90 Å². The average Bonchev–Trinajstić information content (AvgIpc) is 1.84. The second kappa shape index (κ2) is 4.79. The fourth-order valence-electron chi connectivity index (χ4n) is 1.04. The van der Waals surface area contributed by atoms with Crippen LogP contribution in [0, 0.1) is 0 Å². The molecule has 0 amide bonds. The van der Waals surface area contributed by atoms with Crippen LogP contribution >= 0.6 is 30.1 Å². The molecule has 0 saturated carbocycles. The molecule has 1 aliphatic rings. The zero-order chi connectivity index (χ0) is 7.40. The van der Waals surface area contributed by atoms with E-state index in [2.05, 4.69) is 33.0 Å². The van der Waals surface area contributed by atoms with Crippen LogP contribution in [0.5, 0.6) is 0 Å². The second-order valence-corrected chi connectivity index (χ2v) is 4.70. The molecule has 1 heterocycles. The van der Waals surface area contributed by atoms with E-state index < -0.39 is 0 Å². The number of likely N-dealkylation sites (tertiary alicyclic amines) is 1. The van der Waals surface area contributed by atoms with Crippen LogP contribution in [-0.4, -0.2) is 36.6 Å². The summed E-state index contributed by atoms with van der Waals surface area (Å²) < 4.78 is 5.40. The van der Waals surface area contributed by atoms with E-state index in [1.807, 2.05) is 8.93 Å². The van der Waals surface area contributed by atoms with Crippen molar-refractivity contribution < 1.29 is 4.74 Å². The fraction of sp³-hybridized carbons (Fsp3) is 1.00. The number of hydrogen-bond acceptors (Lipinski definition) is 3. The van der Waals surface area contributed by atoms with Crippen molar-refractivity contribution in [3.63, 3.8) is 0 Å². The van der Waals surface area contributed by atoms with Gasteiger partial charge in [-0.1, -0.05) is 8.93 Å². The Hall–Kier alpha value is 1.00. The van der Waals surface area contributed by atoms with Gasteiger partial charge in [0.25, 0.3) is 0 Å². The van der Waals surface area contributed by atoms with Crippen molar-refractivity contribution in [3.05, 3.63) is 0 Å². The molecular formula is C6H12INOS. The van der Waals surface area contributed by atoms with Gasteiger partial charge in [-0.3, -0.25) is 4.90 Å². The van der Waals surface area contributed by atoms with E-state index >= 15 is 0 Å². The minimum Gasteiger partial charge on any atom is -0.376 e. The van der Waals surface area contributed by atoms with Crippen molar-refractivity contribution >= 4 is 30.1 Å². The SMILES string of the molecule is CCOC1CN(CSI)C1. The van der Waals surface area contributed by atoms with Crippen LogP contribution < -0.4 is 0 Å². The molecule has 1 fully saturated rings. The van der Waals surface area contributed by atoms with Gasteiger partial charge >= 0.3 is 0 Å². The van der Waals surface area contributed by atoms with Gasteiger partial charge in [0.05, 0.1) is 12.0 Å². The van der Waals surface area contributed by atoms with Crippen LogP contribution in [0.25, 0.3) is 0 Å². The topological polar surface area (TPSA) is 12.5 Å². The first-order chi connectivity index (χ1) is 4.86. The highest BCUT2D eigenvalue weighted by atomic mass is 127. The molecule has 0 aliphatic carbocycles. The molecule has 0 aromatic heterocycles. The Balaban J connectivity index is 1.95.